The van der Waals surface area contributed by atoms with Crippen LogP contribution in [0.3, 0.4) is 0 Å². The van der Waals surface area contributed by atoms with Crippen molar-refractivity contribution >= 4 is 19.8 Å². The summed E-state index contributed by atoms with van der Waals surface area (Å²) in [7, 11) is 1.48. The predicted octanol–water partition coefficient (Wildman–Crippen LogP) is 23.5. The smallest absolute Gasteiger partial charge is 0.462 e. The first kappa shape index (κ1) is 82.9. The van der Waals surface area contributed by atoms with E-state index in [2.05, 4.69) is 111 Å². The Kier molecular flexibility index (Phi) is 64.0. The van der Waals surface area contributed by atoms with Crippen LogP contribution < -0.4 is 0 Å². The number of nitrogens with zero attached hydrogens (tertiary/aromatic N) is 1. The molecule has 0 aromatic carbocycles. The molecule has 0 aromatic heterocycles. The molecule has 9 nitrogen and oxygen atoms in total. The van der Waals surface area contributed by atoms with E-state index in [0.717, 1.165) is 77.0 Å². The number of quaternary nitrogens is 1. The average Bonchev–Trinajstić information content (AvgIpc) is 3.70. The Balaban J connectivity index is 4.03. The summed E-state index contributed by atoms with van der Waals surface area (Å²) < 4.78 is 34.8. The van der Waals surface area contributed by atoms with E-state index < -0.39 is 26.5 Å². The van der Waals surface area contributed by atoms with E-state index in [1.807, 2.05) is 21.1 Å². The molecule has 0 bridgehead atoms. The summed E-state index contributed by atoms with van der Waals surface area (Å²) in [4.78, 5) is 35.9. The van der Waals surface area contributed by atoms with Gasteiger partial charge in [-0.25, -0.2) is 4.57 Å². The number of esters is 2. The van der Waals surface area contributed by atoms with Gasteiger partial charge in [-0.1, -0.05) is 310 Å². The summed E-state index contributed by atoms with van der Waals surface area (Å²) in [5.41, 5.74) is 0. The van der Waals surface area contributed by atoms with E-state index in [-0.39, 0.29) is 32.0 Å². The lowest BCUT2D eigenvalue weighted by Crippen LogP contribution is -2.37. The first-order chi connectivity index (χ1) is 42.0. The van der Waals surface area contributed by atoms with Crippen LogP contribution in [-0.4, -0.2) is 74.9 Å². The number of ether oxygens (including phenoxy) is 2. The molecule has 10 heteroatoms. The highest BCUT2D eigenvalue weighted by atomic mass is 31.2. The molecule has 1 N–H and O–H groups in total. The molecule has 0 heterocycles. The van der Waals surface area contributed by atoms with E-state index in [0.29, 0.717) is 17.4 Å². The molecule has 0 rings (SSSR count). The molecule has 0 aliphatic carbocycles. The molecule has 498 valence electrons. The van der Waals surface area contributed by atoms with Crippen LogP contribution in [0.15, 0.2) is 97.2 Å². The second-order valence-corrected chi connectivity index (χ2v) is 26.7. The van der Waals surface area contributed by atoms with E-state index in [9.17, 15) is 19.0 Å². The number of hydrogen-bond acceptors (Lipinski definition) is 7. The molecule has 86 heavy (non-hydrogen) atoms. The molecule has 0 spiro atoms. The lowest BCUT2D eigenvalue weighted by atomic mass is 10.0. The lowest BCUT2D eigenvalue weighted by Gasteiger charge is -2.24. The third-order valence-electron chi connectivity index (χ3n) is 15.6. The predicted molar refractivity (Wildman–Crippen MR) is 372 cm³/mol. The SMILES string of the molecule is CC/C=C\C/C=C\C/C=C\C/C=C\C/C=C\CCCCCCCCCCCCCCCCCCCC(=O)OC(COC(=O)CCCCCCCCCCCCCCCC/C=C\C/C=C\C/C=C\CCCCCCC)COP(=O)(O)OCC[N+](C)(C)C. The Morgan fingerprint density at radius 1 is 0.372 bits per heavy atom. The molecular weight excluding hydrogens is 1090 g/mol. The van der Waals surface area contributed by atoms with Gasteiger partial charge in [-0.3, -0.25) is 18.6 Å². The van der Waals surface area contributed by atoms with Crippen molar-refractivity contribution in [3.63, 3.8) is 0 Å². The van der Waals surface area contributed by atoms with Gasteiger partial charge in [0, 0.05) is 12.8 Å². The van der Waals surface area contributed by atoms with Crippen molar-refractivity contribution in [2.45, 2.75) is 328 Å². The van der Waals surface area contributed by atoms with Gasteiger partial charge in [0.15, 0.2) is 6.10 Å². The quantitative estimate of drug-likeness (QED) is 0.0211. The van der Waals surface area contributed by atoms with Crippen LogP contribution in [0.4, 0.5) is 0 Å². The van der Waals surface area contributed by atoms with Gasteiger partial charge in [0.2, 0.25) is 0 Å². The minimum Gasteiger partial charge on any atom is -0.462 e. The number of rotatable bonds is 66. The highest BCUT2D eigenvalue weighted by Crippen LogP contribution is 2.43. The highest BCUT2D eigenvalue weighted by molar-refractivity contribution is 7.47. The van der Waals surface area contributed by atoms with E-state index >= 15 is 0 Å². The monoisotopic (exact) mass is 1220 g/mol. The Morgan fingerprint density at radius 2 is 0.663 bits per heavy atom. The summed E-state index contributed by atoms with van der Waals surface area (Å²) in [5, 5.41) is 0. The van der Waals surface area contributed by atoms with Gasteiger partial charge in [0.05, 0.1) is 27.7 Å². The van der Waals surface area contributed by atoms with Gasteiger partial charge in [-0.05, 0) is 96.3 Å². The van der Waals surface area contributed by atoms with Gasteiger partial charge < -0.3 is 18.9 Å². The molecule has 0 amide bonds. The maximum absolute atomic E-state index is 12.9. The molecule has 0 aromatic rings. The summed E-state index contributed by atoms with van der Waals surface area (Å²) in [6.07, 6.45) is 92.3. The van der Waals surface area contributed by atoms with Crippen LogP contribution in [0, 0.1) is 0 Å². The molecule has 2 atom stereocenters. The fraction of sp³-hybridized carbons (Fsp3) is 0.763. The third-order valence-corrected chi connectivity index (χ3v) is 16.6. The van der Waals surface area contributed by atoms with Crippen LogP contribution in [0.1, 0.15) is 322 Å². The average molecular weight is 1220 g/mol. The van der Waals surface area contributed by atoms with Crippen molar-refractivity contribution in [3.8, 4) is 0 Å². The molecular formula is C76H137NO8P+. The first-order valence-corrected chi connectivity index (χ1v) is 37.5. The van der Waals surface area contributed by atoms with Crippen molar-refractivity contribution < 1.29 is 42.1 Å². The number of allylic oxidation sites excluding steroid dienone is 16. The lowest BCUT2D eigenvalue weighted by molar-refractivity contribution is -0.870. The number of hydrogen-bond donors (Lipinski definition) is 1. The molecule has 0 saturated carbocycles. The zero-order chi connectivity index (χ0) is 62.6. The zero-order valence-electron chi connectivity index (χ0n) is 56.8. The van der Waals surface area contributed by atoms with Crippen LogP contribution >= 0.6 is 7.82 Å². The topological polar surface area (TPSA) is 108 Å². The third kappa shape index (κ3) is 70.0. The van der Waals surface area contributed by atoms with Crippen molar-refractivity contribution in [3.05, 3.63) is 97.2 Å². The van der Waals surface area contributed by atoms with Gasteiger partial charge >= 0.3 is 19.8 Å². The van der Waals surface area contributed by atoms with Crippen molar-refractivity contribution in [2.24, 2.45) is 0 Å². The highest BCUT2D eigenvalue weighted by Gasteiger charge is 2.27. The largest absolute Gasteiger partial charge is 0.472 e. The number of phosphoric ester groups is 1. The number of likely N-dealkylation sites (N-methyl/N-ethyl adjacent to an activating group) is 1. The fourth-order valence-corrected chi connectivity index (χ4v) is 10.9. The van der Waals surface area contributed by atoms with E-state index in [1.54, 1.807) is 0 Å². The fourth-order valence-electron chi connectivity index (χ4n) is 10.1. The molecule has 2 unspecified atom stereocenters. The summed E-state index contributed by atoms with van der Waals surface area (Å²) in [6.45, 7) is 4.34. The Hall–Kier alpha value is -3.07. The summed E-state index contributed by atoms with van der Waals surface area (Å²) >= 11 is 0. The second-order valence-electron chi connectivity index (χ2n) is 25.2. The zero-order valence-corrected chi connectivity index (χ0v) is 57.7. The van der Waals surface area contributed by atoms with Crippen molar-refractivity contribution in [1.82, 2.24) is 0 Å². The van der Waals surface area contributed by atoms with Gasteiger partial charge in [-0.2, -0.15) is 0 Å². The minimum atomic E-state index is -4.40. The summed E-state index contributed by atoms with van der Waals surface area (Å²) in [6, 6.07) is 0. The number of carbonyl (C=O) groups excluding carboxylic acids is 2. The maximum atomic E-state index is 12.9. The minimum absolute atomic E-state index is 0.0299. The Labute approximate surface area is 532 Å². The maximum Gasteiger partial charge on any atom is 0.472 e. The van der Waals surface area contributed by atoms with Gasteiger partial charge in [-0.15, -0.1) is 0 Å². The standard InChI is InChI=1S/C76H136NO8P/c1-6-8-10-12-14-16-18-20-22-24-26-28-30-32-34-36-37-38-39-41-43-45-47-49-51-53-55-57-59-61-63-65-67-69-76(79)85-74(73-84-86(80,81)83-71-70-77(3,4)5)72-82-75(78)68-66-64-62-60-58-56-54-52-50-48-46-44-42-40-35-33-31-29-27-25-23-21-19-17-15-13-11-9-7-2/h8,10,14,16,19-22,25-28,31-34,74H,6-7,9,11-13,15,17-18,23-24,29-30,35-73H2,1-5H3/p+1/b10-8-,16-14-,21-19-,22-20-,27-25-,28-26-,33-31-,34-32-. The van der Waals surface area contributed by atoms with Crippen LogP contribution in [0.25, 0.3) is 0 Å². The van der Waals surface area contributed by atoms with Gasteiger partial charge in [0.1, 0.15) is 19.8 Å². The van der Waals surface area contributed by atoms with E-state index in [4.69, 9.17) is 18.5 Å². The molecule has 0 aliphatic rings. The molecule has 0 radical (unpaired) electrons. The first-order valence-electron chi connectivity index (χ1n) is 36.0. The van der Waals surface area contributed by atoms with E-state index in [1.165, 1.54) is 212 Å². The van der Waals surface area contributed by atoms with Crippen LogP contribution in [0.5, 0.6) is 0 Å². The van der Waals surface area contributed by atoms with Crippen molar-refractivity contribution in [2.75, 3.05) is 47.5 Å². The van der Waals surface area contributed by atoms with Crippen LogP contribution in [-0.2, 0) is 32.7 Å². The van der Waals surface area contributed by atoms with Gasteiger partial charge in [0.25, 0.3) is 0 Å². The molecule has 0 aliphatic heterocycles. The second kappa shape index (κ2) is 66.4. The number of unbranched alkanes of at least 4 members (excludes halogenated alkanes) is 36. The number of carbonyl (C=O) groups is 2. The Bertz CT molecular complexity index is 1770. The Morgan fingerprint density at radius 3 is 0.988 bits per heavy atom. The van der Waals surface area contributed by atoms with Crippen molar-refractivity contribution in [1.29, 1.82) is 0 Å². The molecule has 0 saturated heterocycles. The molecule has 0 fully saturated rings. The summed E-state index contributed by atoms with van der Waals surface area (Å²) in [5.74, 6) is -0.788. The number of phosphoric acid groups is 1. The van der Waals surface area contributed by atoms with Crippen LogP contribution in [0.2, 0.25) is 0 Å². The normalized spacial score (nSPS) is 13.7.